The minimum absolute atomic E-state index is 0.463. The van der Waals surface area contributed by atoms with Crippen molar-refractivity contribution in [3.8, 4) is 0 Å². The molecule has 0 aliphatic carbocycles. The molecule has 0 saturated heterocycles. The van der Waals surface area contributed by atoms with Crippen LogP contribution in [-0.4, -0.2) is 25.4 Å². The summed E-state index contributed by atoms with van der Waals surface area (Å²) in [6.45, 7) is 9.91. The van der Waals surface area contributed by atoms with Gasteiger partial charge in [-0.1, -0.05) is 25.4 Å². The first-order chi connectivity index (χ1) is 9.40. The summed E-state index contributed by atoms with van der Waals surface area (Å²) in [7, 11) is 1.91. The molecule has 20 heavy (non-hydrogen) atoms. The number of hydrogen-bond acceptors (Lipinski definition) is 3. The molecule has 0 unspecified atom stereocenters. The molecule has 2 rings (SSSR count). The highest BCUT2D eigenvalue weighted by molar-refractivity contribution is 6.29. The molecule has 0 spiro atoms. The van der Waals surface area contributed by atoms with Gasteiger partial charge in [0.15, 0.2) is 0 Å². The molecule has 0 atom stereocenters. The molecule has 0 fully saturated rings. The third-order valence-corrected chi connectivity index (χ3v) is 3.89. The fraction of sp³-hybridized carbons (Fsp3) is 0.571. The summed E-state index contributed by atoms with van der Waals surface area (Å²) in [6.07, 6.45) is 1.67. The van der Waals surface area contributed by atoms with E-state index in [1.807, 2.05) is 23.2 Å². The fourth-order valence-corrected chi connectivity index (χ4v) is 2.30. The first-order valence-corrected chi connectivity index (χ1v) is 7.20. The van der Waals surface area contributed by atoms with Gasteiger partial charge in [-0.3, -0.25) is 4.68 Å². The minimum atomic E-state index is 0.463. The minimum Gasteiger partial charge on any atom is -0.321 e. The van der Waals surface area contributed by atoms with Gasteiger partial charge in [0.2, 0.25) is 0 Å². The molecule has 0 radical (unpaired) electrons. The summed E-state index contributed by atoms with van der Waals surface area (Å²) < 4.78 is 3.87. The van der Waals surface area contributed by atoms with Gasteiger partial charge in [-0.05, 0) is 13.8 Å². The van der Waals surface area contributed by atoms with Gasteiger partial charge >= 0.3 is 0 Å². The lowest BCUT2D eigenvalue weighted by atomic mass is 10.2. The van der Waals surface area contributed by atoms with Gasteiger partial charge in [-0.25, -0.2) is 4.98 Å². The van der Waals surface area contributed by atoms with Crippen LogP contribution in [0.3, 0.4) is 0 Å². The van der Waals surface area contributed by atoms with E-state index in [9.17, 15) is 0 Å². The van der Waals surface area contributed by atoms with E-state index in [1.54, 1.807) is 6.20 Å². The van der Waals surface area contributed by atoms with Crippen molar-refractivity contribution in [2.75, 3.05) is 0 Å². The molecule has 0 bridgehead atoms. The van der Waals surface area contributed by atoms with E-state index in [2.05, 4.69) is 36.2 Å². The van der Waals surface area contributed by atoms with Gasteiger partial charge in [-0.15, -0.1) is 0 Å². The predicted molar refractivity (Wildman–Crippen MR) is 81.0 cm³/mol. The maximum absolute atomic E-state index is 6.02. The molecule has 1 N–H and O–H groups in total. The molecule has 0 amide bonds. The Hall–Kier alpha value is -1.33. The van der Waals surface area contributed by atoms with Crippen LogP contribution in [-0.2, 0) is 20.1 Å². The van der Waals surface area contributed by atoms with Crippen LogP contribution in [0, 0.1) is 13.8 Å². The van der Waals surface area contributed by atoms with E-state index in [4.69, 9.17) is 11.6 Å². The molecule has 5 nitrogen and oxygen atoms in total. The number of imidazole rings is 1. The van der Waals surface area contributed by atoms with Gasteiger partial charge in [0.1, 0.15) is 11.0 Å². The van der Waals surface area contributed by atoms with E-state index >= 15 is 0 Å². The second-order valence-corrected chi connectivity index (χ2v) is 5.79. The van der Waals surface area contributed by atoms with Crippen molar-refractivity contribution in [1.82, 2.24) is 24.6 Å². The topological polar surface area (TPSA) is 47.7 Å². The Morgan fingerprint density at radius 3 is 2.60 bits per heavy atom. The Balaban J connectivity index is 2.21. The summed E-state index contributed by atoms with van der Waals surface area (Å²) >= 11 is 6.02. The second-order valence-electron chi connectivity index (χ2n) is 5.40. The number of rotatable bonds is 5. The van der Waals surface area contributed by atoms with Crippen molar-refractivity contribution >= 4 is 11.6 Å². The van der Waals surface area contributed by atoms with Gasteiger partial charge in [-0.2, -0.15) is 5.10 Å². The molecule has 0 aromatic carbocycles. The quantitative estimate of drug-likeness (QED) is 0.921. The van der Waals surface area contributed by atoms with Gasteiger partial charge in [0.05, 0.1) is 18.4 Å². The van der Waals surface area contributed by atoms with E-state index in [0.29, 0.717) is 17.7 Å². The van der Waals surface area contributed by atoms with E-state index in [-0.39, 0.29) is 0 Å². The summed E-state index contributed by atoms with van der Waals surface area (Å²) in [5, 5.41) is 8.70. The Morgan fingerprint density at radius 2 is 2.05 bits per heavy atom. The van der Waals surface area contributed by atoms with Crippen molar-refractivity contribution in [3.05, 3.63) is 34.1 Å². The molecule has 6 heteroatoms. The van der Waals surface area contributed by atoms with E-state index in [1.165, 1.54) is 11.3 Å². The second kappa shape index (κ2) is 5.97. The largest absolute Gasteiger partial charge is 0.321 e. The normalized spacial score (nSPS) is 11.6. The highest BCUT2D eigenvalue weighted by Gasteiger charge is 2.14. The van der Waals surface area contributed by atoms with Crippen LogP contribution in [0.2, 0.25) is 5.15 Å². The molecule has 110 valence electrons. The SMILES string of the molecule is Cc1nn(Cc2ncc(Cl)n2C)c(C)c1CNC(C)C. The Morgan fingerprint density at radius 1 is 1.35 bits per heavy atom. The van der Waals surface area contributed by atoms with Crippen LogP contribution >= 0.6 is 11.6 Å². The van der Waals surface area contributed by atoms with Crippen molar-refractivity contribution in [2.45, 2.75) is 46.8 Å². The molecule has 0 aliphatic rings. The molecular formula is C14H22ClN5. The zero-order chi connectivity index (χ0) is 14.9. The highest BCUT2D eigenvalue weighted by atomic mass is 35.5. The fourth-order valence-electron chi connectivity index (χ4n) is 2.16. The number of aryl methyl sites for hydroxylation is 1. The maximum Gasteiger partial charge on any atom is 0.131 e. The lowest BCUT2D eigenvalue weighted by Gasteiger charge is -2.09. The average molecular weight is 296 g/mol. The zero-order valence-corrected chi connectivity index (χ0v) is 13.5. The monoisotopic (exact) mass is 295 g/mol. The highest BCUT2D eigenvalue weighted by Crippen LogP contribution is 2.16. The van der Waals surface area contributed by atoms with Crippen molar-refractivity contribution in [1.29, 1.82) is 0 Å². The summed E-state index contributed by atoms with van der Waals surface area (Å²) in [5.74, 6) is 0.906. The van der Waals surface area contributed by atoms with Crippen LogP contribution in [0.1, 0.15) is 36.6 Å². The molecular weight excluding hydrogens is 274 g/mol. The Bertz CT molecular complexity index is 597. The third kappa shape index (κ3) is 3.04. The van der Waals surface area contributed by atoms with Gasteiger partial charge in [0, 0.05) is 30.9 Å². The third-order valence-electron chi connectivity index (χ3n) is 3.54. The first-order valence-electron chi connectivity index (χ1n) is 6.82. The summed E-state index contributed by atoms with van der Waals surface area (Å²) in [5.41, 5.74) is 3.50. The lowest BCUT2D eigenvalue weighted by Crippen LogP contribution is -2.22. The molecule has 2 heterocycles. The number of hydrogen-bond donors (Lipinski definition) is 1. The van der Waals surface area contributed by atoms with E-state index in [0.717, 1.165) is 18.1 Å². The van der Waals surface area contributed by atoms with Gasteiger partial charge in [0.25, 0.3) is 0 Å². The summed E-state index contributed by atoms with van der Waals surface area (Å²) in [4.78, 5) is 4.32. The molecule has 2 aromatic heterocycles. The Kier molecular flexibility index (Phi) is 4.50. The number of halogens is 1. The standard InChI is InChI=1S/C14H22ClN5/c1-9(2)16-6-12-10(3)18-20(11(12)4)8-14-17-7-13(15)19(14)5/h7,9,16H,6,8H2,1-5H3. The predicted octanol–water partition coefficient (Wildman–Crippen LogP) is 2.43. The van der Waals surface area contributed by atoms with Crippen LogP contribution in [0.4, 0.5) is 0 Å². The maximum atomic E-state index is 6.02. The number of nitrogens with zero attached hydrogens (tertiary/aromatic N) is 4. The molecule has 0 saturated carbocycles. The zero-order valence-electron chi connectivity index (χ0n) is 12.7. The van der Waals surface area contributed by atoms with Crippen LogP contribution in [0.15, 0.2) is 6.20 Å². The smallest absolute Gasteiger partial charge is 0.131 e. The first kappa shape index (κ1) is 15.1. The molecule has 2 aromatic rings. The van der Waals surface area contributed by atoms with Crippen LogP contribution < -0.4 is 5.32 Å². The van der Waals surface area contributed by atoms with Gasteiger partial charge < -0.3 is 9.88 Å². The van der Waals surface area contributed by atoms with Crippen molar-refractivity contribution in [2.24, 2.45) is 7.05 Å². The molecule has 0 aliphatic heterocycles. The average Bonchev–Trinajstić information content (AvgIpc) is 2.82. The lowest BCUT2D eigenvalue weighted by molar-refractivity contribution is 0.582. The van der Waals surface area contributed by atoms with Crippen LogP contribution in [0.25, 0.3) is 0 Å². The van der Waals surface area contributed by atoms with Crippen LogP contribution in [0.5, 0.6) is 0 Å². The number of nitrogens with one attached hydrogen (secondary N) is 1. The van der Waals surface area contributed by atoms with Crippen molar-refractivity contribution < 1.29 is 0 Å². The summed E-state index contributed by atoms with van der Waals surface area (Å²) in [6, 6.07) is 0.463. The van der Waals surface area contributed by atoms with E-state index < -0.39 is 0 Å². The van der Waals surface area contributed by atoms with Crippen molar-refractivity contribution in [3.63, 3.8) is 0 Å². The Labute approximate surface area is 125 Å². The number of aromatic nitrogens is 4.